The van der Waals surface area contributed by atoms with Gasteiger partial charge in [0.25, 0.3) is 0 Å². The summed E-state index contributed by atoms with van der Waals surface area (Å²) in [6.45, 7) is 15.0. The molecule has 1 atom stereocenters. The molecule has 0 spiro atoms. The Morgan fingerprint density at radius 2 is 0.748 bits per heavy atom. The van der Waals surface area contributed by atoms with Crippen LogP contribution in [0.3, 0.4) is 0 Å². The molecule has 1 amide bonds. The SMILES string of the molecule is C#CC#CC#CC#CC#CC#CC#CC#CC#CC#CC#CC#CC#CC#CC#CC#CC#CC#CC#CC#CC#CC#CC#CC#CC#CC#CC.Cc1cc(C)c2c(n1)CN(C(=O)CC1CN(c3ccnc(C(F)(F)F)c3)C1)C2.Cc1cc(C)c2c(n1)CNC2.O=C(O)CC1CN(c2ccnc(C(F)(F)F)c2)C1.O=C(n1ccnc1)n1ccnc1.P. The number of carbonyl (C=O) groups excluding carboxylic acids is 2. The van der Waals surface area contributed by atoms with Crippen LogP contribution in [-0.4, -0.2) is 93.1 Å². The Morgan fingerprint density at radius 1 is 0.431 bits per heavy atom. The van der Waals surface area contributed by atoms with E-state index in [-0.39, 0.29) is 40.1 Å². The number of hydrogen-bond donors (Lipinski definition) is 2. The first kappa shape index (κ1) is 95.3. The van der Waals surface area contributed by atoms with Gasteiger partial charge in [-0.2, -0.15) is 36.2 Å². The van der Waals surface area contributed by atoms with E-state index in [0.29, 0.717) is 57.1 Å². The minimum Gasteiger partial charge on any atom is -0.481 e. The Bertz CT molecular complexity index is 6840. The third-order valence-electron chi connectivity index (χ3n) is 15.0. The fourth-order valence-corrected chi connectivity index (χ4v) is 9.96. The Morgan fingerprint density at radius 3 is 1.06 bits per heavy atom. The summed E-state index contributed by atoms with van der Waals surface area (Å²) in [5.74, 6) is 126. The van der Waals surface area contributed by atoms with Crippen LogP contribution in [-0.2, 0) is 48.1 Å². The van der Waals surface area contributed by atoms with Crippen molar-refractivity contribution in [2.24, 2.45) is 11.8 Å². The maximum absolute atomic E-state index is 12.8. The number of fused-ring (bicyclic) bond motifs is 2. The van der Waals surface area contributed by atoms with E-state index in [1.165, 1.54) is 50.9 Å². The number of aromatic nitrogens is 8. The van der Waals surface area contributed by atoms with Crippen molar-refractivity contribution < 1.29 is 45.8 Å². The fourth-order valence-electron chi connectivity index (χ4n) is 9.96. The number of amides is 1. The van der Waals surface area contributed by atoms with Crippen LogP contribution in [0.15, 0.2) is 86.2 Å². The maximum Gasteiger partial charge on any atom is 0.433 e. The van der Waals surface area contributed by atoms with Gasteiger partial charge in [-0.05, 0) is 188 Å². The van der Waals surface area contributed by atoms with Crippen LogP contribution in [0, 0.1) is 348 Å². The van der Waals surface area contributed by atoms with E-state index in [9.17, 15) is 40.7 Å². The number of carboxylic acid groups (broad SMARTS) is 1. The highest BCUT2D eigenvalue weighted by Crippen LogP contribution is 2.35. The van der Waals surface area contributed by atoms with E-state index in [1.807, 2.05) is 36.6 Å². The van der Waals surface area contributed by atoms with Crippen molar-refractivity contribution in [2.45, 2.75) is 86.0 Å². The first-order valence-corrected chi connectivity index (χ1v) is 35.2. The zero-order valence-corrected chi connectivity index (χ0v) is 67.4. The largest absolute Gasteiger partial charge is 0.481 e. The molecule has 2 fully saturated rings. The van der Waals surface area contributed by atoms with Gasteiger partial charge in [-0.25, -0.2) is 14.8 Å². The molecule has 2 saturated heterocycles. The molecule has 4 aliphatic heterocycles. The molecule has 4 aliphatic rings. The highest BCUT2D eigenvalue weighted by Gasteiger charge is 2.37. The summed E-state index contributed by atoms with van der Waals surface area (Å²) in [5.41, 5.74) is 8.46. The topological polar surface area (TPSA) is 180 Å². The third-order valence-corrected chi connectivity index (χ3v) is 15.0. The Hall–Kier alpha value is -18.2. The lowest BCUT2D eigenvalue weighted by atomic mass is 9.95. The monoisotopic (exact) mass is 1630 g/mol. The minimum absolute atomic E-state index is 0. The second-order valence-corrected chi connectivity index (χ2v) is 23.7. The standard InChI is InChI=1S/C53H4.C20H21F3N4O.C11H11F3N2O2.C9H12N2.C7H6N4O.H3P/c1-3-5-7-9-11-13-15-17-19-21-23-25-27-29-31-33-35-37-39-41-43-45-47-49-51-53-52-50-48-46-44-42-40-38-36-34-32-30-28-26-24-22-20-18-16-14-12-10-8-6-4-2;1-12-5-13(2)25-17-11-27(10-16(12)17)19(28)6-14-8-26(9-14)15-3-4-24-18(7-15)20(21,22)23;12-11(13,14)9-4-8(1-2-15-9)16-5-7(6-16)3-10(17)18;1-6-3-7(2)11-9-5-10-4-8(6)9;12-7(10-3-1-8-5-10)11-4-2-9-6-11;/h1H,2H3;3-5,7,14H,6,8-11H2,1-2H3;1-2,4,7H,3,5-6H2,(H,17,18);3,10H,4-5H2,1-2H3;1-6H;1H3. The second kappa shape index (κ2) is 54.5. The van der Waals surface area contributed by atoms with Crippen molar-refractivity contribution in [3.05, 3.63) is 143 Å². The van der Waals surface area contributed by atoms with E-state index in [0.717, 1.165) is 59.6 Å². The van der Waals surface area contributed by atoms with Gasteiger partial charge in [0.1, 0.15) is 24.0 Å². The first-order chi connectivity index (χ1) is 59.1. The summed E-state index contributed by atoms with van der Waals surface area (Å²) >= 11 is 0. The van der Waals surface area contributed by atoms with Crippen LogP contribution in [0.2, 0.25) is 0 Å². The molecular weight excluding hydrogens is 1580 g/mol. The highest BCUT2D eigenvalue weighted by atomic mass is 31.0. The van der Waals surface area contributed by atoms with Crippen molar-refractivity contribution in [2.75, 3.05) is 36.0 Å². The number of nitrogens with one attached hydrogen (secondary N) is 1. The molecule has 10 rings (SSSR count). The van der Waals surface area contributed by atoms with E-state index in [2.05, 4.69) is 350 Å². The van der Waals surface area contributed by atoms with Crippen LogP contribution < -0.4 is 15.1 Å². The highest BCUT2D eigenvalue weighted by molar-refractivity contribution is 6.92. The number of pyridine rings is 4. The van der Waals surface area contributed by atoms with Gasteiger partial charge in [0, 0.05) is 325 Å². The molecule has 0 radical (unpaired) electrons. The number of terminal acetylenes is 1. The van der Waals surface area contributed by atoms with Crippen molar-refractivity contribution in [3.8, 4) is 308 Å². The minimum atomic E-state index is -4.46. The average molecular weight is 1640 g/mol. The average Bonchev–Trinajstić information content (AvgIpc) is 1.77. The summed E-state index contributed by atoms with van der Waals surface area (Å²) in [4.78, 5) is 63.1. The molecule has 6 aromatic rings. The number of aryl methyl sites for hydroxylation is 4. The summed E-state index contributed by atoms with van der Waals surface area (Å²) < 4.78 is 78.5. The molecule has 588 valence electrons. The lowest BCUT2D eigenvalue weighted by molar-refractivity contribution is -0.141. The first-order valence-electron chi connectivity index (χ1n) is 35.2. The number of alkyl halides is 6. The lowest BCUT2D eigenvalue weighted by Gasteiger charge is -2.41. The molecule has 0 aliphatic carbocycles. The van der Waals surface area contributed by atoms with Gasteiger partial charge >= 0.3 is 24.4 Å². The van der Waals surface area contributed by atoms with Gasteiger partial charge in [-0.3, -0.25) is 38.7 Å². The Kier molecular flexibility index (Phi) is 42.3. The smallest absolute Gasteiger partial charge is 0.433 e. The molecule has 0 aromatic carbocycles. The van der Waals surface area contributed by atoms with E-state index in [4.69, 9.17) is 11.5 Å². The van der Waals surface area contributed by atoms with Gasteiger partial charge in [0.2, 0.25) is 5.91 Å². The molecule has 16 nitrogen and oxygen atoms in total. The molecule has 23 heteroatoms. The normalized spacial score (nSPS) is 10.3. The fraction of sp³-hybridized carbons (Fsp3) is 0.190. The number of carbonyl (C=O) groups is 3. The third kappa shape index (κ3) is 38.2. The maximum atomic E-state index is 12.8. The number of carboxylic acids is 1. The van der Waals surface area contributed by atoms with Gasteiger partial charge in [-0.15, -0.1) is 6.42 Å². The summed E-state index contributed by atoms with van der Waals surface area (Å²) in [6.07, 6.45) is 7.94. The van der Waals surface area contributed by atoms with Crippen LogP contribution in [0.25, 0.3) is 0 Å². The number of halogens is 6. The van der Waals surface area contributed by atoms with Crippen LogP contribution in [0.1, 0.15) is 76.2 Å². The van der Waals surface area contributed by atoms with Crippen molar-refractivity contribution in [1.29, 1.82) is 0 Å². The van der Waals surface area contributed by atoms with E-state index in [1.54, 1.807) is 42.7 Å². The number of aliphatic carboxylic acids is 1. The van der Waals surface area contributed by atoms with Crippen LogP contribution >= 0.6 is 9.90 Å². The zero-order chi connectivity index (χ0) is 87.7. The summed E-state index contributed by atoms with van der Waals surface area (Å²) in [7, 11) is 0. The van der Waals surface area contributed by atoms with Gasteiger partial charge in [-0.1, -0.05) is 5.92 Å². The quantitative estimate of drug-likeness (QED) is 0.0928. The molecule has 0 bridgehead atoms. The molecule has 1 unspecified atom stereocenters. The van der Waals surface area contributed by atoms with E-state index < -0.39 is 29.7 Å². The van der Waals surface area contributed by atoms with Crippen molar-refractivity contribution >= 4 is 39.2 Å². The van der Waals surface area contributed by atoms with Crippen molar-refractivity contribution in [1.82, 2.24) is 49.3 Å². The summed E-state index contributed by atoms with van der Waals surface area (Å²) in [5, 5.41) is 11.9. The van der Waals surface area contributed by atoms with Gasteiger partial charge in [0.05, 0.1) is 24.4 Å². The van der Waals surface area contributed by atoms with Gasteiger partial charge < -0.3 is 25.1 Å². The number of hydrogen-bond acceptors (Lipinski definition) is 12. The van der Waals surface area contributed by atoms with Crippen LogP contribution in [0.4, 0.5) is 42.5 Å². The molecular formula is C100H57F6N12O4P. The number of anilines is 2. The van der Waals surface area contributed by atoms with Crippen molar-refractivity contribution in [3.63, 3.8) is 0 Å². The van der Waals surface area contributed by atoms with Gasteiger partial charge in [0.15, 0.2) is 0 Å². The second-order valence-electron chi connectivity index (χ2n) is 23.7. The Labute approximate surface area is 715 Å². The number of nitrogens with zero attached hydrogens (tertiary/aromatic N) is 11. The number of imidazole rings is 2. The molecule has 2 N–H and O–H groups in total. The molecule has 10 heterocycles. The molecule has 6 aromatic heterocycles. The molecule has 123 heavy (non-hydrogen) atoms. The zero-order valence-electron chi connectivity index (χ0n) is 66.0. The summed E-state index contributed by atoms with van der Waals surface area (Å²) in [6, 6.07) is 9.09. The Balaban J connectivity index is 0.000000312. The van der Waals surface area contributed by atoms with Crippen LogP contribution in [0.5, 0.6) is 0 Å². The molecule has 0 saturated carbocycles. The predicted molar refractivity (Wildman–Crippen MR) is 460 cm³/mol. The lowest BCUT2D eigenvalue weighted by Crippen LogP contribution is -2.48. The number of rotatable bonds is 6. The van der Waals surface area contributed by atoms with E-state index >= 15 is 0 Å². The predicted octanol–water partition coefficient (Wildman–Crippen LogP) is 8.17.